The molecular weight excluding hydrogens is 267 g/mol. The third-order valence-electron chi connectivity index (χ3n) is 2.68. The van der Waals surface area contributed by atoms with E-state index in [0.717, 1.165) is 18.2 Å². The second kappa shape index (κ2) is 3.83. The lowest BCUT2D eigenvalue weighted by Crippen LogP contribution is -2.21. The average Bonchev–Trinajstić information content (AvgIpc) is 2.49. The Labute approximate surface area is 102 Å². The minimum Gasteiger partial charge on any atom is -0.324 e. The second-order valence-corrected chi connectivity index (χ2v) is 6.01. The van der Waals surface area contributed by atoms with E-state index in [1.165, 1.54) is 13.0 Å². The molecule has 18 heavy (non-hydrogen) atoms. The maximum Gasteiger partial charge on any atom is 0.416 e. The van der Waals surface area contributed by atoms with E-state index in [9.17, 15) is 21.6 Å². The van der Waals surface area contributed by atoms with Crippen molar-refractivity contribution in [1.29, 1.82) is 0 Å². The van der Waals surface area contributed by atoms with Crippen LogP contribution >= 0.6 is 0 Å². The smallest absolute Gasteiger partial charge is 0.324 e. The SMILES string of the molecule is CC(N)C1=Cc2cc(C(F)(F)F)ccc2S1(=O)=O. The molecule has 7 heteroatoms. The van der Waals surface area contributed by atoms with E-state index in [2.05, 4.69) is 0 Å². The zero-order valence-corrected chi connectivity index (χ0v) is 10.1. The lowest BCUT2D eigenvalue weighted by molar-refractivity contribution is -0.137. The van der Waals surface area contributed by atoms with E-state index in [0.29, 0.717) is 0 Å². The molecule has 1 unspecified atom stereocenters. The second-order valence-electron chi connectivity index (χ2n) is 4.09. The molecule has 1 atom stereocenters. The molecule has 0 aliphatic carbocycles. The summed E-state index contributed by atoms with van der Waals surface area (Å²) in [7, 11) is -3.74. The fourth-order valence-electron chi connectivity index (χ4n) is 1.82. The van der Waals surface area contributed by atoms with Gasteiger partial charge in [-0.3, -0.25) is 0 Å². The molecule has 1 aromatic carbocycles. The maximum absolute atomic E-state index is 12.5. The van der Waals surface area contributed by atoms with Gasteiger partial charge in [0.1, 0.15) is 0 Å². The van der Waals surface area contributed by atoms with Crippen LogP contribution in [0.15, 0.2) is 28.0 Å². The van der Waals surface area contributed by atoms with Crippen molar-refractivity contribution in [3.05, 3.63) is 34.2 Å². The van der Waals surface area contributed by atoms with Gasteiger partial charge in [-0.25, -0.2) is 8.42 Å². The van der Waals surface area contributed by atoms with Gasteiger partial charge in [0.05, 0.1) is 15.4 Å². The van der Waals surface area contributed by atoms with Crippen LogP contribution in [-0.4, -0.2) is 14.5 Å². The van der Waals surface area contributed by atoms with E-state index in [-0.39, 0.29) is 15.4 Å². The Morgan fingerprint density at radius 3 is 2.39 bits per heavy atom. The van der Waals surface area contributed by atoms with Crippen molar-refractivity contribution in [2.45, 2.75) is 24.0 Å². The van der Waals surface area contributed by atoms with Crippen molar-refractivity contribution < 1.29 is 21.6 Å². The van der Waals surface area contributed by atoms with Gasteiger partial charge in [0.15, 0.2) is 0 Å². The van der Waals surface area contributed by atoms with Crippen LogP contribution in [-0.2, 0) is 16.0 Å². The number of rotatable bonds is 1. The van der Waals surface area contributed by atoms with E-state index >= 15 is 0 Å². The van der Waals surface area contributed by atoms with Crippen LogP contribution in [0, 0.1) is 0 Å². The molecule has 2 N–H and O–H groups in total. The monoisotopic (exact) mass is 277 g/mol. The first-order valence-electron chi connectivity index (χ1n) is 5.07. The molecule has 3 nitrogen and oxygen atoms in total. The van der Waals surface area contributed by atoms with E-state index in [1.54, 1.807) is 0 Å². The molecule has 1 aliphatic rings. The highest BCUT2D eigenvalue weighted by Crippen LogP contribution is 2.38. The Morgan fingerprint density at radius 1 is 1.28 bits per heavy atom. The number of fused-ring (bicyclic) bond motifs is 1. The molecule has 0 spiro atoms. The maximum atomic E-state index is 12.5. The molecule has 2 rings (SSSR count). The largest absolute Gasteiger partial charge is 0.416 e. The van der Waals surface area contributed by atoms with Gasteiger partial charge in [0.25, 0.3) is 0 Å². The zero-order chi connectivity index (χ0) is 13.7. The molecule has 1 aliphatic heterocycles. The van der Waals surface area contributed by atoms with Crippen molar-refractivity contribution in [3.8, 4) is 0 Å². The summed E-state index contributed by atoms with van der Waals surface area (Å²) in [5.41, 5.74) is 4.67. The summed E-state index contributed by atoms with van der Waals surface area (Å²) >= 11 is 0. The molecule has 0 amide bonds. The predicted molar refractivity (Wildman–Crippen MR) is 60.3 cm³/mol. The minimum absolute atomic E-state index is 0.0390. The molecule has 1 aromatic rings. The standard InChI is InChI=1S/C11H10F3NO2S/c1-6(15)10-5-7-4-8(11(12,13)14)2-3-9(7)18(10,16)17/h2-6H,15H2,1H3. The van der Waals surface area contributed by atoms with Crippen molar-refractivity contribution in [3.63, 3.8) is 0 Å². The molecule has 0 bridgehead atoms. The van der Waals surface area contributed by atoms with Crippen LogP contribution in [0.1, 0.15) is 18.1 Å². The summed E-state index contributed by atoms with van der Waals surface area (Å²) in [6, 6.07) is 1.80. The molecule has 0 radical (unpaired) electrons. The lowest BCUT2D eigenvalue weighted by Gasteiger charge is -2.08. The Hall–Kier alpha value is -1.34. The highest BCUT2D eigenvalue weighted by atomic mass is 32.2. The van der Waals surface area contributed by atoms with Gasteiger partial charge in [0, 0.05) is 6.04 Å². The van der Waals surface area contributed by atoms with Gasteiger partial charge in [-0.2, -0.15) is 13.2 Å². The van der Waals surface area contributed by atoms with Crippen molar-refractivity contribution >= 4 is 15.9 Å². The number of halogens is 3. The number of sulfone groups is 1. The first-order valence-corrected chi connectivity index (χ1v) is 6.56. The van der Waals surface area contributed by atoms with Gasteiger partial charge < -0.3 is 5.73 Å². The summed E-state index contributed by atoms with van der Waals surface area (Å²) in [4.78, 5) is -0.181. The zero-order valence-electron chi connectivity index (χ0n) is 9.32. The third-order valence-corrected chi connectivity index (χ3v) is 4.74. The number of hydrogen-bond donors (Lipinski definition) is 1. The highest BCUT2D eigenvalue weighted by Gasteiger charge is 2.35. The van der Waals surface area contributed by atoms with Gasteiger partial charge in [0.2, 0.25) is 9.84 Å². The van der Waals surface area contributed by atoms with E-state index < -0.39 is 27.6 Å². The van der Waals surface area contributed by atoms with Crippen LogP contribution in [0.2, 0.25) is 0 Å². The van der Waals surface area contributed by atoms with Crippen LogP contribution < -0.4 is 5.73 Å². The Morgan fingerprint density at radius 2 is 1.89 bits per heavy atom. The Balaban J connectivity index is 2.63. The Bertz CT molecular complexity index is 630. The molecular formula is C11H10F3NO2S. The Kier molecular flexibility index (Phi) is 2.78. The van der Waals surface area contributed by atoms with Crippen LogP contribution in [0.25, 0.3) is 6.08 Å². The minimum atomic E-state index is -4.50. The first kappa shape index (κ1) is 13.1. The third kappa shape index (κ3) is 1.93. The summed E-state index contributed by atoms with van der Waals surface area (Å²) in [5.74, 6) is 0. The van der Waals surface area contributed by atoms with Gasteiger partial charge in [-0.15, -0.1) is 0 Å². The van der Waals surface area contributed by atoms with Crippen LogP contribution in [0.4, 0.5) is 13.2 Å². The molecule has 0 fully saturated rings. The molecule has 98 valence electrons. The quantitative estimate of drug-likeness (QED) is 0.856. The normalized spacial score (nSPS) is 19.3. The van der Waals surface area contributed by atoms with Crippen LogP contribution in [0.3, 0.4) is 0 Å². The number of benzene rings is 1. The van der Waals surface area contributed by atoms with Gasteiger partial charge in [-0.05, 0) is 36.8 Å². The fourth-order valence-corrected chi connectivity index (χ4v) is 3.52. The number of hydrogen-bond acceptors (Lipinski definition) is 3. The van der Waals surface area contributed by atoms with E-state index in [4.69, 9.17) is 5.73 Å². The average molecular weight is 277 g/mol. The molecule has 1 heterocycles. The van der Waals surface area contributed by atoms with Crippen molar-refractivity contribution in [2.24, 2.45) is 5.73 Å². The van der Waals surface area contributed by atoms with E-state index in [1.807, 2.05) is 0 Å². The van der Waals surface area contributed by atoms with Gasteiger partial charge in [-0.1, -0.05) is 0 Å². The van der Waals surface area contributed by atoms with Crippen molar-refractivity contribution in [1.82, 2.24) is 0 Å². The molecule has 0 saturated heterocycles. The molecule has 0 aromatic heterocycles. The van der Waals surface area contributed by atoms with Crippen molar-refractivity contribution in [2.75, 3.05) is 0 Å². The van der Waals surface area contributed by atoms with Gasteiger partial charge >= 0.3 is 6.18 Å². The summed E-state index contributed by atoms with van der Waals surface area (Å²) in [6.07, 6.45) is -3.30. The lowest BCUT2D eigenvalue weighted by atomic mass is 10.1. The van der Waals surface area contributed by atoms with Crippen LogP contribution in [0.5, 0.6) is 0 Å². The molecule has 0 saturated carbocycles. The summed E-state index contributed by atoms with van der Waals surface area (Å²) in [6.45, 7) is 1.47. The topological polar surface area (TPSA) is 60.2 Å². The summed E-state index contributed by atoms with van der Waals surface area (Å²) < 4.78 is 61.4. The predicted octanol–water partition coefficient (Wildman–Crippen LogP) is 2.18. The summed E-state index contributed by atoms with van der Waals surface area (Å²) in [5, 5.41) is 0. The highest BCUT2D eigenvalue weighted by molar-refractivity contribution is 7.96. The number of alkyl halides is 3. The fraction of sp³-hybridized carbons (Fsp3) is 0.273. The number of nitrogens with two attached hydrogens (primary N) is 1. The first-order chi connectivity index (χ1) is 8.14.